The van der Waals surface area contributed by atoms with Gasteiger partial charge in [0.05, 0.1) is 12.6 Å². The molecule has 1 saturated heterocycles. The van der Waals surface area contributed by atoms with Crippen LogP contribution < -0.4 is 25.0 Å². The van der Waals surface area contributed by atoms with Crippen molar-refractivity contribution in [3.63, 3.8) is 0 Å². The molecular weight excluding hydrogens is 550 g/mol. The van der Waals surface area contributed by atoms with Crippen molar-refractivity contribution in [2.75, 3.05) is 16.8 Å². The molecule has 2 N–H and O–H groups in total. The zero-order valence-electron chi connectivity index (χ0n) is 19.0. The molecule has 35 heavy (non-hydrogen) atoms. The summed E-state index contributed by atoms with van der Waals surface area (Å²) in [6, 6.07) is 20.0. The van der Waals surface area contributed by atoms with Gasteiger partial charge in [-0.3, -0.25) is 9.69 Å². The lowest BCUT2D eigenvalue weighted by Gasteiger charge is -2.56. The smallest absolute Gasteiger partial charge is 0.236 e. The number of rotatable bonds is 5. The predicted octanol–water partition coefficient (Wildman–Crippen LogP) is 6.30. The van der Waals surface area contributed by atoms with Gasteiger partial charge in [-0.25, -0.2) is 0 Å². The Morgan fingerprint density at radius 2 is 1.97 bits per heavy atom. The molecule has 2 aliphatic heterocycles. The zero-order chi connectivity index (χ0) is 24.7. The molecule has 1 amide bonds. The Morgan fingerprint density at radius 3 is 2.69 bits per heavy atom. The number of ether oxygens (including phenoxy) is 2. The topological polar surface area (TPSA) is 62.8 Å². The number of carbonyl (C=O) groups is 1. The van der Waals surface area contributed by atoms with Crippen molar-refractivity contribution >= 4 is 62.1 Å². The number of hydrogen-bond donors (Lipinski definition) is 2. The molecule has 0 saturated carbocycles. The van der Waals surface area contributed by atoms with Gasteiger partial charge < -0.3 is 20.1 Å². The fourth-order valence-electron chi connectivity index (χ4n) is 4.80. The summed E-state index contributed by atoms with van der Waals surface area (Å²) >= 11 is 15.4. The highest BCUT2D eigenvalue weighted by Crippen LogP contribution is 2.52. The van der Waals surface area contributed by atoms with E-state index in [1.807, 2.05) is 61.2 Å². The second kappa shape index (κ2) is 9.33. The molecule has 0 spiro atoms. The monoisotopic (exact) mass is 571 g/mol. The van der Waals surface area contributed by atoms with Gasteiger partial charge in [-0.15, -0.1) is 0 Å². The van der Waals surface area contributed by atoms with Crippen molar-refractivity contribution in [2.45, 2.75) is 25.6 Å². The van der Waals surface area contributed by atoms with Crippen molar-refractivity contribution in [2.24, 2.45) is 5.92 Å². The second-order valence-corrected chi connectivity index (χ2v) is 10.2. The lowest BCUT2D eigenvalue weighted by atomic mass is 9.78. The van der Waals surface area contributed by atoms with Gasteiger partial charge in [0.1, 0.15) is 5.92 Å². The first kappa shape index (κ1) is 23.9. The molecule has 3 aromatic rings. The van der Waals surface area contributed by atoms with E-state index in [1.165, 1.54) is 0 Å². The summed E-state index contributed by atoms with van der Waals surface area (Å²) in [6.07, 6.45) is 0. The molecule has 9 heteroatoms. The second-order valence-electron chi connectivity index (χ2n) is 8.48. The number of fused-ring (bicyclic) bond motifs is 4. The van der Waals surface area contributed by atoms with Crippen LogP contribution >= 0.6 is 39.7 Å². The Morgan fingerprint density at radius 1 is 1.23 bits per heavy atom. The number of nitrogens with zero attached hydrogens (tertiary/aromatic N) is 1. The Kier molecular flexibility index (Phi) is 6.38. The fourth-order valence-corrected chi connectivity index (χ4v) is 5.72. The Labute approximate surface area is 222 Å². The van der Waals surface area contributed by atoms with E-state index in [4.69, 9.17) is 33.3 Å². The average Bonchev–Trinajstić information content (AvgIpc) is 2.81. The third-order valence-corrected chi connectivity index (χ3v) is 7.30. The van der Waals surface area contributed by atoms with Crippen LogP contribution in [0.1, 0.15) is 25.5 Å². The van der Waals surface area contributed by atoms with Crippen LogP contribution in [0.3, 0.4) is 0 Å². The highest BCUT2D eigenvalue weighted by atomic mass is 79.9. The minimum absolute atomic E-state index is 0.206. The fraction of sp³-hybridized carbons (Fsp3) is 0.231. The van der Waals surface area contributed by atoms with E-state index in [0.29, 0.717) is 33.9 Å². The normalized spacial score (nSPS) is 22.5. The SMILES string of the molecule is CCOc1cccc2c1O[C@@]1(C)[C@@H](C(=O)Nc3ccc(Cl)cc3)[C@@H]2NC(=S)N1c1cccc(Br)c1. The first-order chi connectivity index (χ1) is 16.8. The van der Waals surface area contributed by atoms with Gasteiger partial charge in [0.15, 0.2) is 22.3 Å². The van der Waals surface area contributed by atoms with Crippen LogP contribution in [0.4, 0.5) is 11.4 Å². The molecule has 6 nitrogen and oxygen atoms in total. The third-order valence-electron chi connectivity index (χ3n) is 6.25. The van der Waals surface area contributed by atoms with Crippen LogP contribution in [-0.4, -0.2) is 23.4 Å². The summed E-state index contributed by atoms with van der Waals surface area (Å²) in [5.41, 5.74) is 1.11. The number of benzene rings is 3. The number of para-hydroxylation sites is 1. The van der Waals surface area contributed by atoms with Gasteiger partial charge in [0.25, 0.3) is 0 Å². The lowest BCUT2D eigenvalue weighted by Crippen LogP contribution is -2.72. The Balaban J connectivity index is 1.64. The van der Waals surface area contributed by atoms with Crippen LogP contribution in [0.25, 0.3) is 0 Å². The summed E-state index contributed by atoms with van der Waals surface area (Å²) in [7, 11) is 0. The highest BCUT2D eigenvalue weighted by molar-refractivity contribution is 9.10. The predicted molar refractivity (Wildman–Crippen MR) is 145 cm³/mol. The molecule has 3 atom stereocenters. The van der Waals surface area contributed by atoms with Crippen molar-refractivity contribution < 1.29 is 14.3 Å². The molecule has 0 radical (unpaired) electrons. The van der Waals surface area contributed by atoms with Crippen LogP contribution in [0.5, 0.6) is 11.5 Å². The van der Waals surface area contributed by atoms with Crippen LogP contribution in [-0.2, 0) is 4.79 Å². The average molecular weight is 573 g/mol. The van der Waals surface area contributed by atoms with Crippen molar-refractivity contribution in [3.05, 3.63) is 81.8 Å². The molecular formula is C26H23BrClN3O3S. The van der Waals surface area contributed by atoms with E-state index in [2.05, 4.69) is 26.6 Å². The summed E-state index contributed by atoms with van der Waals surface area (Å²) in [5, 5.41) is 7.52. The molecule has 1 fully saturated rings. The summed E-state index contributed by atoms with van der Waals surface area (Å²) in [5.74, 6) is 0.365. The Bertz CT molecular complexity index is 1310. The summed E-state index contributed by atoms with van der Waals surface area (Å²) in [6.45, 7) is 4.31. The van der Waals surface area contributed by atoms with Crippen molar-refractivity contribution in [1.29, 1.82) is 0 Å². The van der Waals surface area contributed by atoms with Gasteiger partial charge in [0.2, 0.25) is 5.91 Å². The molecule has 2 aliphatic rings. The molecule has 2 bridgehead atoms. The van der Waals surface area contributed by atoms with Crippen LogP contribution in [0.15, 0.2) is 71.2 Å². The van der Waals surface area contributed by atoms with Gasteiger partial charge >= 0.3 is 0 Å². The summed E-state index contributed by atoms with van der Waals surface area (Å²) in [4.78, 5) is 15.7. The molecule has 180 valence electrons. The lowest BCUT2D eigenvalue weighted by molar-refractivity contribution is -0.130. The minimum Gasteiger partial charge on any atom is -0.490 e. The van der Waals surface area contributed by atoms with Gasteiger partial charge in [0, 0.05) is 26.4 Å². The molecule has 0 unspecified atom stereocenters. The number of carbonyl (C=O) groups excluding carboxylic acids is 1. The van der Waals surface area contributed by atoms with Crippen molar-refractivity contribution in [3.8, 4) is 11.5 Å². The third kappa shape index (κ3) is 4.24. The number of nitrogens with one attached hydrogen (secondary N) is 2. The first-order valence-corrected chi connectivity index (χ1v) is 12.8. The van der Waals surface area contributed by atoms with E-state index >= 15 is 0 Å². The van der Waals surface area contributed by atoms with E-state index in [1.54, 1.807) is 24.3 Å². The standard InChI is InChI=1S/C26H23BrClN3O3S/c1-3-33-20-9-5-8-19-22-21(24(32)29-17-12-10-16(28)11-13-17)26(2,34-23(19)20)31(25(35)30-22)18-7-4-6-15(27)14-18/h4-14,21-22H,3H2,1-2H3,(H,29,32)(H,30,35)/t21-,22-,26+/m1/s1. The zero-order valence-corrected chi connectivity index (χ0v) is 22.2. The molecule has 3 aromatic carbocycles. The number of anilines is 2. The van der Waals surface area contributed by atoms with E-state index < -0.39 is 17.7 Å². The molecule has 5 rings (SSSR count). The molecule has 0 aliphatic carbocycles. The van der Waals surface area contributed by atoms with E-state index in [-0.39, 0.29) is 5.91 Å². The number of halogens is 2. The quantitative estimate of drug-likeness (QED) is 0.350. The van der Waals surface area contributed by atoms with Crippen molar-refractivity contribution in [1.82, 2.24) is 5.32 Å². The molecule has 2 heterocycles. The van der Waals surface area contributed by atoms with Gasteiger partial charge in [-0.05, 0) is 74.6 Å². The first-order valence-electron chi connectivity index (χ1n) is 11.2. The largest absolute Gasteiger partial charge is 0.490 e. The van der Waals surface area contributed by atoms with E-state index in [9.17, 15) is 4.79 Å². The van der Waals surface area contributed by atoms with Gasteiger partial charge in [-0.1, -0.05) is 45.7 Å². The number of thiocarbonyl (C=S) groups is 1. The van der Waals surface area contributed by atoms with Crippen LogP contribution in [0, 0.1) is 5.92 Å². The maximum Gasteiger partial charge on any atom is 0.236 e. The number of hydrogen-bond acceptors (Lipinski definition) is 4. The number of amides is 1. The Hall–Kier alpha value is -2.81. The highest BCUT2D eigenvalue weighted by Gasteiger charge is 2.59. The maximum atomic E-state index is 13.9. The maximum absolute atomic E-state index is 13.9. The van der Waals surface area contributed by atoms with Crippen LogP contribution in [0.2, 0.25) is 5.02 Å². The summed E-state index contributed by atoms with van der Waals surface area (Å²) < 4.78 is 13.5. The molecule has 0 aromatic heterocycles. The van der Waals surface area contributed by atoms with E-state index in [0.717, 1.165) is 15.7 Å². The minimum atomic E-state index is -1.15. The van der Waals surface area contributed by atoms with Gasteiger partial charge in [-0.2, -0.15) is 0 Å².